The van der Waals surface area contributed by atoms with Gasteiger partial charge in [0.05, 0.1) is 34.7 Å². The number of fused-ring (bicyclic) bond motifs is 1. The molecule has 2 saturated heterocycles. The van der Waals surface area contributed by atoms with E-state index in [1.54, 1.807) is 24.0 Å². The third-order valence-electron chi connectivity index (χ3n) is 6.92. The van der Waals surface area contributed by atoms with Crippen LogP contribution in [0.25, 0.3) is 10.9 Å². The van der Waals surface area contributed by atoms with Crippen molar-refractivity contribution >= 4 is 58.6 Å². The molecule has 3 heterocycles. The van der Waals surface area contributed by atoms with Crippen LogP contribution in [0.15, 0.2) is 23.0 Å². The minimum Gasteiger partial charge on any atom is -0.399 e. The van der Waals surface area contributed by atoms with Crippen molar-refractivity contribution in [1.29, 1.82) is 0 Å². The predicted molar refractivity (Wildman–Crippen MR) is 159 cm³/mol. The normalized spacial score (nSPS) is 19.3. The molecule has 1 atom stereocenters. The first-order chi connectivity index (χ1) is 17.9. The van der Waals surface area contributed by atoms with Crippen LogP contribution in [0.4, 0.5) is 0 Å². The Morgan fingerprint density at radius 2 is 1.76 bits per heavy atom. The molecule has 2 aliphatic rings. The van der Waals surface area contributed by atoms with Gasteiger partial charge >= 0.3 is 7.12 Å². The molecule has 2 fully saturated rings. The summed E-state index contributed by atoms with van der Waals surface area (Å²) in [7, 11) is -0.570. The Morgan fingerprint density at radius 1 is 1.16 bits per heavy atom. The zero-order chi connectivity index (χ0) is 28.7. The molecular formula is C26H41BN4O5S2. The molecule has 4 rings (SSSR count). The Labute approximate surface area is 236 Å². The second-order valence-electron chi connectivity index (χ2n) is 10.4. The van der Waals surface area contributed by atoms with Gasteiger partial charge in [0.1, 0.15) is 5.82 Å². The first-order valence-electron chi connectivity index (χ1n) is 13.1. The van der Waals surface area contributed by atoms with Gasteiger partial charge in [0.15, 0.2) is 0 Å². The first-order valence-corrected chi connectivity index (χ1v) is 14.7. The number of H-pyrrole nitrogens is 1. The van der Waals surface area contributed by atoms with Crippen molar-refractivity contribution in [3.05, 3.63) is 34.4 Å². The fourth-order valence-corrected chi connectivity index (χ4v) is 4.21. The van der Waals surface area contributed by atoms with Crippen molar-refractivity contribution in [3.63, 3.8) is 0 Å². The highest BCUT2D eigenvalue weighted by Crippen LogP contribution is 2.36. The Morgan fingerprint density at radius 3 is 2.34 bits per heavy atom. The van der Waals surface area contributed by atoms with Gasteiger partial charge in [-0.2, -0.15) is 0 Å². The van der Waals surface area contributed by atoms with Gasteiger partial charge in [-0.1, -0.05) is 33.3 Å². The summed E-state index contributed by atoms with van der Waals surface area (Å²) in [6.45, 7) is 14.4. The standard InChI is InChI=1S/C23H31BN4O5.C3H8.H2S2/c1-6-18(29)25-13-19(30)28-11-7-8-17(28)20-26-16-10-9-14(12-15(16)21(31)27-20)24-32-22(2,3)23(4,5)33-24;1-3-2;1-2/h9-10,12,17H,6-8,11,13H2,1-5H3,(H,25,29)(H,26,27,31);3H2,1-2H3;1-2H/t17-;;/m0../s1. The highest BCUT2D eigenvalue weighted by Gasteiger charge is 2.51. The molecule has 1 aromatic carbocycles. The molecule has 0 saturated carbocycles. The Balaban J connectivity index is 0.000000947. The van der Waals surface area contributed by atoms with Gasteiger partial charge in [0, 0.05) is 13.0 Å². The minimum atomic E-state index is -0.570. The number of hydrogen-bond acceptors (Lipinski definition) is 8. The van der Waals surface area contributed by atoms with Crippen LogP contribution < -0.4 is 16.3 Å². The molecular weight excluding hydrogens is 523 g/mol. The van der Waals surface area contributed by atoms with E-state index >= 15 is 0 Å². The number of amides is 2. The van der Waals surface area contributed by atoms with Crippen molar-refractivity contribution in [2.24, 2.45) is 0 Å². The molecule has 0 spiro atoms. The lowest BCUT2D eigenvalue weighted by Gasteiger charge is -2.32. The lowest BCUT2D eigenvalue weighted by molar-refractivity contribution is -0.133. The van der Waals surface area contributed by atoms with Crippen molar-refractivity contribution in [2.75, 3.05) is 13.1 Å². The number of carbonyl (C=O) groups is 2. The maximum atomic E-state index is 13.0. The molecule has 2 aromatic rings. The lowest BCUT2D eigenvalue weighted by Crippen LogP contribution is -2.41. The van der Waals surface area contributed by atoms with E-state index in [1.807, 2.05) is 33.8 Å². The predicted octanol–water partition coefficient (Wildman–Crippen LogP) is 3.59. The number of hydrogen-bond donors (Lipinski definition) is 4. The number of nitrogens with one attached hydrogen (secondary N) is 2. The van der Waals surface area contributed by atoms with E-state index in [1.165, 1.54) is 6.42 Å². The average Bonchev–Trinajstić information content (AvgIpc) is 3.45. The van der Waals surface area contributed by atoms with Gasteiger partial charge in [-0.05, 0) is 58.1 Å². The van der Waals surface area contributed by atoms with Crippen molar-refractivity contribution < 1.29 is 18.9 Å². The summed E-state index contributed by atoms with van der Waals surface area (Å²) in [6.07, 6.45) is 3.08. The van der Waals surface area contributed by atoms with E-state index in [-0.39, 0.29) is 30.0 Å². The van der Waals surface area contributed by atoms with E-state index in [0.29, 0.717) is 36.1 Å². The maximum absolute atomic E-state index is 13.0. The van der Waals surface area contributed by atoms with Crippen LogP contribution in [-0.4, -0.2) is 58.1 Å². The zero-order valence-corrected chi connectivity index (χ0v) is 25.2. The van der Waals surface area contributed by atoms with Crippen molar-refractivity contribution in [3.8, 4) is 0 Å². The van der Waals surface area contributed by atoms with Crippen LogP contribution in [0.5, 0.6) is 0 Å². The summed E-state index contributed by atoms with van der Waals surface area (Å²) in [5.41, 5.74) is 0.0805. The second-order valence-corrected chi connectivity index (χ2v) is 10.4. The van der Waals surface area contributed by atoms with Crippen LogP contribution >= 0.6 is 23.3 Å². The van der Waals surface area contributed by atoms with Gasteiger partial charge in [-0.3, -0.25) is 14.4 Å². The van der Waals surface area contributed by atoms with E-state index in [4.69, 9.17) is 9.31 Å². The largest absolute Gasteiger partial charge is 0.494 e. The summed E-state index contributed by atoms with van der Waals surface area (Å²) < 4.78 is 12.2. The fourth-order valence-electron chi connectivity index (χ4n) is 4.21. The van der Waals surface area contributed by atoms with E-state index in [9.17, 15) is 14.4 Å². The van der Waals surface area contributed by atoms with E-state index < -0.39 is 18.3 Å². The topological polar surface area (TPSA) is 114 Å². The SMILES string of the molecule is CCC.CCC(=O)NCC(=O)N1CCC[C@H]1c1nc2ccc(B3OC(C)(C)C(C)(C)O3)cc2c(=O)[nH]1.SS. The number of nitrogens with zero attached hydrogens (tertiary/aromatic N) is 2. The number of aromatic amines is 1. The molecule has 2 N–H and O–H groups in total. The summed E-state index contributed by atoms with van der Waals surface area (Å²) in [6, 6.07) is 5.08. The smallest absolute Gasteiger partial charge is 0.399 e. The van der Waals surface area contributed by atoms with Gasteiger partial charge in [-0.15, -0.1) is 23.3 Å². The number of likely N-dealkylation sites (tertiary alicyclic amines) is 1. The summed E-state index contributed by atoms with van der Waals surface area (Å²) in [5.74, 6) is 0.107. The van der Waals surface area contributed by atoms with Crippen molar-refractivity contribution in [1.82, 2.24) is 20.2 Å². The third-order valence-corrected chi connectivity index (χ3v) is 6.92. The van der Waals surface area contributed by atoms with Gasteiger partial charge < -0.3 is 24.5 Å². The third kappa shape index (κ3) is 7.34. The summed E-state index contributed by atoms with van der Waals surface area (Å²) in [5, 5.41) is 3.06. The van der Waals surface area contributed by atoms with Crippen LogP contribution in [0.2, 0.25) is 0 Å². The number of rotatable bonds is 5. The lowest BCUT2D eigenvalue weighted by atomic mass is 9.78. The Kier molecular flexibility index (Phi) is 11.7. The quantitative estimate of drug-likeness (QED) is 0.251. The Bertz CT molecular complexity index is 1160. The van der Waals surface area contributed by atoms with Gasteiger partial charge in [-0.25, -0.2) is 4.98 Å². The molecule has 12 heteroatoms. The van der Waals surface area contributed by atoms with Gasteiger partial charge in [0.25, 0.3) is 5.56 Å². The fraction of sp³-hybridized carbons (Fsp3) is 0.615. The van der Waals surface area contributed by atoms with E-state index in [0.717, 1.165) is 11.9 Å². The first kappa shape index (κ1) is 32.2. The molecule has 0 bridgehead atoms. The molecule has 9 nitrogen and oxygen atoms in total. The monoisotopic (exact) mass is 564 g/mol. The number of benzene rings is 1. The van der Waals surface area contributed by atoms with Crippen LogP contribution in [0, 0.1) is 0 Å². The molecule has 0 aliphatic carbocycles. The maximum Gasteiger partial charge on any atom is 0.494 e. The molecule has 1 aromatic heterocycles. The van der Waals surface area contributed by atoms with Crippen LogP contribution in [0.3, 0.4) is 0 Å². The molecule has 0 unspecified atom stereocenters. The second kappa shape index (κ2) is 13.9. The number of aromatic nitrogens is 2. The zero-order valence-electron chi connectivity index (χ0n) is 23.5. The minimum absolute atomic E-state index is 0.0571. The average molecular weight is 565 g/mol. The molecule has 2 amide bonds. The summed E-state index contributed by atoms with van der Waals surface area (Å²) >= 11 is 6.44. The van der Waals surface area contributed by atoms with E-state index in [2.05, 4.69) is 52.5 Å². The molecule has 2 aliphatic heterocycles. The number of carbonyl (C=O) groups excluding carboxylic acids is 2. The Hall–Kier alpha value is -2.02. The molecule has 38 heavy (non-hydrogen) atoms. The molecule has 210 valence electrons. The highest BCUT2D eigenvalue weighted by atomic mass is 33.1. The highest BCUT2D eigenvalue weighted by molar-refractivity contribution is 8.59. The van der Waals surface area contributed by atoms with Gasteiger partial charge in [0.2, 0.25) is 11.8 Å². The van der Waals surface area contributed by atoms with Crippen molar-refractivity contribution in [2.45, 2.75) is 91.4 Å². The van der Waals surface area contributed by atoms with Crippen LogP contribution in [-0.2, 0) is 18.9 Å². The summed E-state index contributed by atoms with van der Waals surface area (Å²) in [4.78, 5) is 46.4. The van der Waals surface area contributed by atoms with Crippen LogP contribution in [0.1, 0.15) is 86.0 Å². The molecule has 0 radical (unpaired) electrons. The number of thiol groups is 2.